The molecule has 3 heterocycles. The van der Waals surface area contributed by atoms with Gasteiger partial charge in [-0.1, -0.05) is 18.2 Å². The number of nitrogens with one attached hydrogen (secondary N) is 2. The third-order valence-electron chi connectivity index (χ3n) is 5.38. The standard InChI is InChI=1S/C22H24N4O3S/c1-23-18-12-14(6-8-24-18)22(29)26-10-7-15(13-26)19-16-4-2-3-5-17(16)30-20(19)21(28)25-9-11-27/h2-6,8,12,15,27H,7,9-11,13H2,1H3,(H,23,24)(H,25,28). The van der Waals surface area contributed by atoms with Crippen LogP contribution in [0.15, 0.2) is 42.6 Å². The fourth-order valence-corrected chi connectivity index (χ4v) is 5.16. The van der Waals surface area contributed by atoms with E-state index in [1.54, 1.807) is 25.4 Å². The molecule has 1 atom stereocenters. The lowest BCUT2D eigenvalue weighted by atomic mass is 9.95. The number of aliphatic hydroxyl groups excluding tert-OH is 1. The SMILES string of the molecule is CNc1cc(C(=O)N2CCC(c3c(C(=O)NCCO)sc4ccccc34)C2)ccn1. The average molecular weight is 425 g/mol. The van der Waals surface area contributed by atoms with Crippen molar-refractivity contribution in [2.45, 2.75) is 12.3 Å². The van der Waals surface area contributed by atoms with Crippen molar-refractivity contribution in [3.63, 3.8) is 0 Å². The second kappa shape index (κ2) is 8.81. The predicted octanol–water partition coefficient (Wildman–Crippen LogP) is 2.69. The predicted molar refractivity (Wildman–Crippen MR) is 118 cm³/mol. The van der Waals surface area contributed by atoms with Gasteiger partial charge >= 0.3 is 0 Å². The van der Waals surface area contributed by atoms with E-state index in [1.807, 2.05) is 29.2 Å². The van der Waals surface area contributed by atoms with Crippen molar-refractivity contribution >= 4 is 39.1 Å². The lowest BCUT2D eigenvalue weighted by Crippen LogP contribution is -2.29. The smallest absolute Gasteiger partial charge is 0.261 e. The van der Waals surface area contributed by atoms with Crippen LogP contribution in [0.1, 0.15) is 37.9 Å². The van der Waals surface area contributed by atoms with Gasteiger partial charge in [0.1, 0.15) is 5.82 Å². The Morgan fingerprint density at radius 2 is 2.13 bits per heavy atom. The molecule has 7 nitrogen and oxygen atoms in total. The highest BCUT2D eigenvalue weighted by Crippen LogP contribution is 2.40. The molecule has 2 aromatic heterocycles. The van der Waals surface area contributed by atoms with Gasteiger partial charge in [-0.25, -0.2) is 4.98 Å². The lowest BCUT2D eigenvalue weighted by Gasteiger charge is -2.17. The van der Waals surface area contributed by atoms with Crippen molar-refractivity contribution < 1.29 is 14.7 Å². The maximum absolute atomic E-state index is 13.0. The molecule has 0 bridgehead atoms. The number of aliphatic hydroxyl groups is 1. The van der Waals surface area contributed by atoms with Crippen LogP contribution in [-0.2, 0) is 0 Å². The number of benzene rings is 1. The number of nitrogens with zero attached hydrogens (tertiary/aromatic N) is 2. The van der Waals surface area contributed by atoms with Crippen molar-refractivity contribution in [2.24, 2.45) is 0 Å². The minimum Gasteiger partial charge on any atom is -0.395 e. The first-order valence-corrected chi connectivity index (χ1v) is 10.8. The van der Waals surface area contributed by atoms with E-state index in [2.05, 4.69) is 15.6 Å². The van der Waals surface area contributed by atoms with Crippen LogP contribution in [0.25, 0.3) is 10.1 Å². The molecule has 0 aliphatic carbocycles. The van der Waals surface area contributed by atoms with Gasteiger partial charge in [-0.3, -0.25) is 9.59 Å². The summed E-state index contributed by atoms with van der Waals surface area (Å²) in [5.41, 5.74) is 1.61. The molecule has 1 saturated heterocycles. The second-order valence-electron chi connectivity index (χ2n) is 7.24. The highest BCUT2D eigenvalue weighted by Gasteiger charge is 2.33. The maximum atomic E-state index is 13.0. The van der Waals surface area contributed by atoms with Crippen LogP contribution < -0.4 is 10.6 Å². The molecule has 1 fully saturated rings. The van der Waals surface area contributed by atoms with Gasteiger partial charge in [-0.15, -0.1) is 11.3 Å². The average Bonchev–Trinajstić information content (AvgIpc) is 3.41. The van der Waals surface area contributed by atoms with E-state index in [-0.39, 0.29) is 30.9 Å². The van der Waals surface area contributed by atoms with Crippen LogP contribution in [0.5, 0.6) is 0 Å². The van der Waals surface area contributed by atoms with Crippen molar-refractivity contribution in [2.75, 3.05) is 38.6 Å². The first kappa shape index (κ1) is 20.3. The Hall–Kier alpha value is -2.97. The zero-order valence-electron chi connectivity index (χ0n) is 16.7. The van der Waals surface area contributed by atoms with Gasteiger partial charge in [0.25, 0.3) is 11.8 Å². The van der Waals surface area contributed by atoms with Gasteiger partial charge in [-0.2, -0.15) is 0 Å². The molecule has 3 N–H and O–H groups in total. The summed E-state index contributed by atoms with van der Waals surface area (Å²) in [6, 6.07) is 11.5. The number of pyridine rings is 1. The van der Waals surface area contributed by atoms with Crippen molar-refractivity contribution in [3.8, 4) is 0 Å². The summed E-state index contributed by atoms with van der Waals surface area (Å²) < 4.78 is 1.05. The minimum atomic E-state index is -0.169. The molecule has 1 aliphatic heterocycles. The Kier molecular flexibility index (Phi) is 5.96. The van der Waals surface area contributed by atoms with Crippen molar-refractivity contribution in [1.29, 1.82) is 0 Å². The first-order valence-electron chi connectivity index (χ1n) is 9.96. The summed E-state index contributed by atoms with van der Waals surface area (Å²) in [5.74, 6) is 0.550. The molecular weight excluding hydrogens is 400 g/mol. The van der Waals surface area contributed by atoms with Gasteiger partial charge in [0.15, 0.2) is 0 Å². The number of carbonyl (C=O) groups is 2. The van der Waals surface area contributed by atoms with Crippen LogP contribution in [0.2, 0.25) is 0 Å². The molecule has 156 valence electrons. The van der Waals surface area contributed by atoms with Gasteiger partial charge in [0.2, 0.25) is 0 Å². The van der Waals surface area contributed by atoms with E-state index in [9.17, 15) is 9.59 Å². The normalized spacial score (nSPS) is 16.1. The Morgan fingerprint density at radius 3 is 2.93 bits per heavy atom. The van der Waals surface area contributed by atoms with Gasteiger partial charge in [0, 0.05) is 49.1 Å². The fraction of sp³-hybridized carbons (Fsp3) is 0.318. The number of rotatable bonds is 6. The van der Waals surface area contributed by atoms with Crippen LogP contribution in [0, 0.1) is 0 Å². The van der Waals surface area contributed by atoms with Crippen LogP contribution >= 0.6 is 11.3 Å². The molecule has 30 heavy (non-hydrogen) atoms. The molecule has 0 saturated carbocycles. The molecule has 8 heteroatoms. The first-order chi connectivity index (χ1) is 14.6. The van der Waals surface area contributed by atoms with E-state index in [0.29, 0.717) is 29.3 Å². The largest absolute Gasteiger partial charge is 0.395 e. The Labute approximate surface area is 178 Å². The second-order valence-corrected chi connectivity index (χ2v) is 8.29. The highest BCUT2D eigenvalue weighted by atomic mass is 32.1. The van der Waals surface area contributed by atoms with Crippen LogP contribution in [0.4, 0.5) is 5.82 Å². The molecule has 3 aromatic rings. The number of carbonyl (C=O) groups excluding carboxylic acids is 2. The number of hydrogen-bond donors (Lipinski definition) is 3. The van der Waals surface area contributed by atoms with Crippen LogP contribution in [0.3, 0.4) is 0 Å². The third kappa shape index (κ3) is 3.88. The summed E-state index contributed by atoms with van der Waals surface area (Å²) in [4.78, 5) is 32.5. The molecular formula is C22H24N4O3S. The minimum absolute atomic E-state index is 0.0257. The topological polar surface area (TPSA) is 94.6 Å². The molecule has 1 aromatic carbocycles. The third-order valence-corrected chi connectivity index (χ3v) is 6.57. The summed E-state index contributed by atoms with van der Waals surface area (Å²) in [5, 5.41) is 15.9. The molecule has 1 unspecified atom stereocenters. The number of likely N-dealkylation sites (tertiary alicyclic amines) is 1. The summed E-state index contributed by atoms with van der Waals surface area (Å²) in [6.45, 7) is 1.33. The van der Waals surface area contributed by atoms with E-state index < -0.39 is 0 Å². The number of aromatic nitrogens is 1. The molecule has 0 spiro atoms. The van der Waals surface area contributed by atoms with Crippen LogP contribution in [-0.4, -0.2) is 60.1 Å². The number of anilines is 1. The number of amides is 2. The Bertz CT molecular complexity index is 1080. The van der Waals surface area contributed by atoms with Crippen molar-refractivity contribution in [1.82, 2.24) is 15.2 Å². The number of thiophene rings is 1. The van der Waals surface area contributed by atoms with Crippen molar-refractivity contribution in [3.05, 3.63) is 58.6 Å². The Balaban J connectivity index is 1.61. The Morgan fingerprint density at radius 1 is 1.30 bits per heavy atom. The molecule has 1 aliphatic rings. The molecule has 2 amide bonds. The summed E-state index contributed by atoms with van der Waals surface area (Å²) >= 11 is 1.47. The number of fused-ring (bicyclic) bond motifs is 1. The highest BCUT2D eigenvalue weighted by molar-refractivity contribution is 7.21. The number of hydrogen-bond acceptors (Lipinski definition) is 6. The lowest BCUT2D eigenvalue weighted by molar-refractivity contribution is 0.0790. The van der Waals surface area contributed by atoms with Gasteiger partial charge in [-0.05, 0) is 35.6 Å². The van der Waals surface area contributed by atoms with E-state index in [4.69, 9.17) is 5.11 Å². The quantitative estimate of drug-likeness (QED) is 0.566. The van der Waals surface area contributed by atoms with Gasteiger partial charge < -0.3 is 20.6 Å². The van der Waals surface area contributed by atoms with E-state index >= 15 is 0 Å². The summed E-state index contributed by atoms with van der Waals surface area (Å²) in [6.07, 6.45) is 2.43. The molecule has 0 radical (unpaired) electrons. The summed E-state index contributed by atoms with van der Waals surface area (Å²) in [7, 11) is 1.77. The maximum Gasteiger partial charge on any atom is 0.261 e. The monoisotopic (exact) mass is 424 g/mol. The van der Waals surface area contributed by atoms with E-state index in [0.717, 1.165) is 22.1 Å². The zero-order valence-corrected chi connectivity index (χ0v) is 17.5. The molecule has 4 rings (SSSR count). The van der Waals surface area contributed by atoms with Gasteiger partial charge in [0.05, 0.1) is 11.5 Å². The fourth-order valence-electron chi connectivity index (χ4n) is 3.95. The van der Waals surface area contributed by atoms with E-state index in [1.165, 1.54) is 11.3 Å². The zero-order chi connectivity index (χ0) is 21.1.